The summed E-state index contributed by atoms with van der Waals surface area (Å²) in [4.78, 5) is 13.0. The van der Waals surface area contributed by atoms with Crippen LogP contribution in [0.3, 0.4) is 0 Å². The summed E-state index contributed by atoms with van der Waals surface area (Å²) < 4.78 is 14.9. The van der Waals surface area contributed by atoms with Crippen LogP contribution < -0.4 is 10.6 Å². The molecule has 0 unspecified atom stereocenters. The number of nitrogens with zero attached hydrogens (tertiary/aromatic N) is 4. The Labute approximate surface area is 138 Å². The third kappa shape index (κ3) is 2.90. The first kappa shape index (κ1) is 15.1. The Hall–Kier alpha value is -2.81. The number of carbonyl (C=O) groups excluding carboxylic acids is 1. The molecule has 0 fully saturated rings. The molecule has 3 N–H and O–H groups in total. The fraction of sp³-hybridized carbons (Fsp3) is 0. The van der Waals surface area contributed by atoms with Crippen molar-refractivity contribution in [2.24, 2.45) is 5.73 Å². The number of amides is 2. The van der Waals surface area contributed by atoms with Gasteiger partial charge in [0.15, 0.2) is 5.82 Å². The van der Waals surface area contributed by atoms with Crippen LogP contribution >= 0.6 is 15.9 Å². The second-order valence-corrected chi connectivity index (χ2v) is 5.45. The fourth-order valence-electron chi connectivity index (χ4n) is 2.17. The number of H-pyrrole nitrogens is 1. The van der Waals surface area contributed by atoms with E-state index in [4.69, 9.17) is 5.73 Å². The Bertz CT molecular complexity index is 854. The number of halogens is 2. The van der Waals surface area contributed by atoms with Crippen LogP contribution in [0.15, 0.2) is 46.9 Å². The maximum atomic E-state index is 14.1. The van der Waals surface area contributed by atoms with Crippen molar-refractivity contribution < 1.29 is 9.18 Å². The number of carbonyl (C=O) groups is 1. The number of anilines is 2. The smallest absolute Gasteiger partial charge is 0.324 e. The molecule has 0 spiro atoms. The van der Waals surface area contributed by atoms with Crippen molar-refractivity contribution in [2.75, 3.05) is 4.90 Å². The summed E-state index contributed by atoms with van der Waals surface area (Å²) in [6, 6.07) is 10.1. The molecule has 3 rings (SSSR count). The number of para-hydroxylation sites is 1. The molecule has 0 aliphatic heterocycles. The van der Waals surface area contributed by atoms with Gasteiger partial charge in [0.2, 0.25) is 0 Å². The maximum Gasteiger partial charge on any atom is 0.324 e. The number of benzene rings is 2. The third-order valence-electron chi connectivity index (χ3n) is 3.11. The van der Waals surface area contributed by atoms with Crippen molar-refractivity contribution in [3.63, 3.8) is 0 Å². The number of nitrogens with two attached hydrogens (primary N) is 1. The number of aromatic nitrogens is 4. The highest BCUT2D eigenvalue weighted by Gasteiger charge is 2.23. The number of primary amides is 1. The van der Waals surface area contributed by atoms with Crippen LogP contribution in [0.1, 0.15) is 0 Å². The molecule has 1 aromatic heterocycles. The molecule has 3 aromatic rings. The molecule has 1 heterocycles. The molecule has 0 saturated heterocycles. The van der Waals surface area contributed by atoms with E-state index < -0.39 is 11.8 Å². The lowest BCUT2D eigenvalue weighted by atomic mass is 10.1. The summed E-state index contributed by atoms with van der Waals surface area (Å²) in [5.41, 5.74) is 6.36. The maximum absolute atomic E-state index is 14.1. The zero-order chi connectivity index (χ0) is 16.4. The van der Waals surface area contributed by atoms with E-state index in [9.17, 15) is 9.18 Å². The van der Waals surface area contributed by atoms with E-state index in [1.165, 1.54) is 18.2 Å². The van der Waals surface area contributed by atoms with Crippen molar-refractivity contribution >= 4 is 33.3 Å². The van der Waals surface area contributed by atoms with Gasteiger partial charge in [-0.2, -0.15) is 0 Å². The monoisotopic (exact) mass is 376 g/mol. The highest BCUT2D eigenvalue weighted by Crippen LogP contribution is 2.36. The molecule has 116 valence electrons. The lowest BCUT2D eigenvalue weighted by Gasteiger charge is -2.23. The summed E-state index contributed by atoms with van der Waals surface area (Å²) in [5, 5.41) is 13.5. The molecule has 2 aromatic carbocycles. The number of hydrogen-bond acceptors (Lipinski definition) is 4. The van der Waals surface area contributed by atoms with Crippen LogP contribution in [-0.2, 0) is 0 Å². The Morgan fingerprint density at radius 2 is 2.00 bits per heavy atom. The van der Waals surface area contributed by atoms with E-state index in [-0.39, 0.29) is 5.69 Å². The molecule has 0 aliphatic rings. The molecule has 9 heteroatoms. The highest BCUT2D eigenvalue weighted by molar-refractivity contribution is 9.10. The van der Waals surface area contributed by atoms with Crippen molar-refractivity contribution in [1.82, 2.24) is 20.6 Å². The van der Waals surface area contributed by atoms with Gasteiger partial charge >= 0.3 is 6.03 Å². The first-order valence-electron chi connectivity index (χ1n) is 6.45. The van der Waals surface area contributed by atoms with E-state index in [1.807, 2.05) is 0 Å². The predicted molar refractivity (Wildman–Crippen MR) is 85.4 cm³/mol. The van der Waals surface area contributed by atoms with Gasteiger partial charge in [0.1, 0.15) is 5.82 Å². The molecule has 0 bridgehead atoms. The van der Waals surface area contributed by atoms with E-state index in [1.54, 1.807) is 24.3 Å². The number of nitrogens with one attached hydrogen (secondary N) is 1. The van der Waals surface area contributed by atoms with Crippen LogP contribution in [0.4, 0.5) is 20.6 Å². The molecule has 0 saturated carbocycles. The average molecular weight is 377 g/mol. The van der Waals surface area contributed by atoms with Crippen LogP contribution in [0.25, 0.3) is 11.4 Å². The van der Waals surface area contributed by atoms with Crippen LogP contribution in [0.2, 0.25) is 0 Å². The van der Waals surface area contributed by atoms with Crippen LogP contribution in [-0.4, -0.2) is 26.7 Å². The summed E-state index contributed by atoms with van der Waals surface area (Å²) in [5.74, 6) is -0.250. The van der Waals surface area contributed by atoms with Gasteiger partial charge in [0, 0.05) is 10.0 Å². The SMILES string of the molecule is NC(=O)N(c1ccccc1F)c1ccc(Br)cc1-c1nnn[nH]1. The van der Waals surface area contributed by atoms with E-state index >= 15 is 0 Å². The second kappa shape index (κ2) is 6.13. The Morgan fingerprint density at radius 3 is 2.65 bits per heavy atom. The molecule has 0 radical (unpaired) electrons. The third-order valence-corrected chi connectivity index (χ3v) is 3.61. The molecule has 23 heavy (non-hydrogen) atoms. The number of urea groups is 1. The first-order valence-corrected chi connectivity index (χ1v) is 7.25. The Morgan fingerprint density at radius 1 is 1.22 bits per heavy atom. The van der Waals surface area contributed by atoms with Crippen molar-refractivity contribution in [3.8, 4) is 11.4 Å². The summed E-state index contributed by atoms with van der Waals surface area (Å²) >= 11 is 3.35. The minimum Gasteiger partial charge on any atom is -0.351 e. The molecule has 0 aliphatic carbocycles. The van der Waals surface area contributed by atoms with Crippen molar-refractivity contribution in [2.45, 2.75) is 0 Å². The molecular weight excluding hydrogens is 367 g/mol. The summed E-state index contributed by atoms with van der Waals surface area (Å²) in [7, 11) is 0. The topological polar surface area (TPSA) is 101 Å². The molecule has 7 nitrogen and oxygen atoms in total. The molecule has 2 amide bonds. The molecular formula is C14H10BrFN6O. The normalized spacial score (nSPS) is 10.5. The lowest BCUT2D eigenvalue weighted by molar-refractivity contribution is 0.256. The number of aromatic amines is 1. The van der Waals surface area contributed by atoms with E-state index in [0.29, 0.717) is 17.1 Å². The van der Waals surface area contributed by atoms with Gasteiger partial charge in [-0.05, 0) is 40.8 Å². The number of rotatable bonds is 3. The van der Waals surface area contributed by atoms with Crippen molar-refractivity contribution in [3.05, 3.63) is 52.8 Å². The van der Waals surface area contributed by atoms with Crippen molar-refractivity contribution in [1.29, 1.82) is 0 Å². The minimum absolute atomic E-state index is 0.0380. The first-order chi connectivity index (χ1) is 11.1. The quantitative estimate of drug-likeness (QED) is 0.733. The van der Waals surface area contributed by atoms with E-state index in [0.717, 1.165) is 9.37 Å². The van der Waals surface area contributed by atoms with Gasteiger partial charge in [-0.25, -0.2) is 14.3 Å². The van der Waals surface area contributed by atoms with Crippen LogP contribution in [0, 0.1) is 5.82 Å². The van der Waals surface area contributed by atoms with Gasteiger partial charge in [0.05, 0.1) is 11.4 Å². The number of hydrogen-bond donors (Lipinski definition) is 2. The van der Waals surface area contributed by atoms with Gasteiger partial charge in [0.25, 0.3) is 0 Å². The van der Waals surface area contributed by atoms with E-state index in [2.05, 4.69) is 36.6 Å². The predicted octanol–water partition coefficient (Wildman–Crippen LogP) is 2.99. The highest BCUT2D eigenvalue weighted by atomic mass is 79.9. The molecule has 0 atom stereocenters. The summed E-state index contributed by atoms with van der Waals surface area (Å²) in [6.45, 7) is 0. The lowest BCUT2D eigenvalue weighted by Crippen LogP contribution is -2.32. The minimum atomic E-state index is -0.828. The fourth-order valence-corrected chi connectivity index (χ4v) is 2.53. The Kier molecular flexibility index (Phi) is 4.02. The largest absolute Gasteiger partial charge is 0.351 e. The average Bonchev–Trinajstić information content (AvgIpc) is 3.04. The van der Waals surface area contributed by atoms with Gasteiger partial charge in [-0.3, -0.25) is 4.90 Å². The van der Waals surface area contributed by atoms with Crippen LogP contribution in [0.5, 0.6) is 0 Å². The van der Waals surface area contributed by atoms with Gasteiger partial charge in [-0.15, -0.1) is 5.10 Å². The Balaban J connectivity index is 2.23. The zero-order valence-electron chi connectivity index (χ0n) is 11.6. The second-order valence-electron chi connectivity index (χ2n) is 4.54. The van der Waals surface area contributed by atoms with Gasteiger partial charge < -0.3 is 5.73 Å². The zero-order valence-corrected chi connectivity index (χ0v) is 13.2. The van der Waals surface area contributed by atoms with Gasteiger partial charge in [-0.1, -0.05) is 28.1 Å². The standard InChI is InChI=1S/C14H10BrFN6O/c15-8-5-6-11(9(7-8)13-18-20-21-19-13)22(14(17)23)12-4-2-1-3-10(12)16/h1-7H,(H2,17,23)(H,18,19,20,21). The number of tetrazole rings is 1. The summed E-state index contributed by atoms with van der Waals surface area (Å²) in [6.07, 6.45) is 0.